The Hall–Kier alpha value is 0.150. The van der Waals surface area contributed by atoms with Crippen LogP contribution in [0.3, 0.4) is 0 Å². The first-order chi connectivity index (χ1) is 7.39. The summed E-state index contributed by atoms with van der Waals surface area (Å²) in [6.45, 7) is 4.79. The molecular formula is C12H30N3P. The van der Waals surface area contributed by atoms with Gasteiger partial charge in [-0.2, -0.15) is 0 Å². The van der Waals surface area contributed by atoms with Crippen LogP contribution in [0.4, 0.5) is 0 Å². The summed E-state index contributed by atoms with van der Waals surface area (Å²) in [4.78, 5) is 4.53. The first-order valence-electron chi connectivity index (χ1n) is 6.15. The zero-order valence-electron chi connectivity index (χ0n) is 12.0. The molecule has 0 fully saturated rings. The average molecular weight is 247 g/mol. The molecule has 16 heavy (non-hydrogen) atoms. The van der Waals surface area contributed by atoms with Gasteiger partial charge in [0.1, 0.15) is 0 Å². The molecule has 3 nitrogen and oxygen atoms in total. The number of hydrogen-bond acceptors (Lipinski definition) is 3. The van der Waals surface area contributed by atoms with E-state index in [1.165, 1.54) is 38.3 Å². The van der Waals surface area contributed by atoms with Crippen molar-refractivity contribution in [3.63, 3.8) is 0 Å². The van der Waals surface area contributed by atoms with Gasteiger partial charge in [-0.1, -0.05) is 0 Å². The second kappa shape index (κ2) is 8.27. The zero-order chi connectivity index (χ0) is 12.6. The van der Waals surface area contributed by atoms with Gasteiger partial charge in [0.15, 0.2) is 0 Å². The van der Waals surface area contributed by atoms with Crippen LogP contribution in [0.25, 0.3) is 0 Å². The van der Waals surface area contributed by atoms with E-state index >= 15 is 0 Å². The highest BCUT2D eigenvalue weighted by atomic mass is 31.2. The Balaban J connectivity index is 3.92. The second-order valence-corrected chi connectivity index (χ2v) is 9.27. The van der Waals surface area contributed by atoms with Crippen molar-refractivity contribution < 1.29 is 0 Å². The first-order valence-corrected chi connectivity index (χ1v) is 8.71. The first kappa shape index (κ1) is 16.1. The van der Waals surface area contributed by atoms with Gasteiger partial charge in [0.2, 0.25) is 0 Å². The van der Waals surface area contributed by atoms with Crippen molar-refractivity contribution >= 4 is 7.05 Å². The Kier molecular flexibility index (Phi) is 8.35. The molecule has 4 heteroatoms. The third-order valence-corrected chi connectivity index (χ3v) is 6.50. The molecule has 0 spiro atoms. The second-order valence-electron chi connectivity index (χ2n) is 5.30. The normalized spacial score (nSPS) is 12.5. The van der Waals surface area contributed by atoms with E-state index in [1.807, 2.05) is 7.05 Å². The molecule has 0 rings (SSSR count). The largest absolute Gasteiger partial charge is 0.309 e. The Bertz CT molecular complexity index is 206. The van der Waals surface area contributed by atoms with E-state index in [0.29, 0.717) is 0 Å². The van der Waals surface area contributed by atoms with Gasteiger partial charge in [0.05, 0.1) is 0 Å². The minimum Gasteiger partial charge on any atom is -0.309 e. The van der Waals surface area contributed by atoms with Crippen molar-refractivity contribution in [3.05, 3.63) is 0 Å². The highest BCUT2D eigenvalue weighted by molar-refractivity contribution is 7.65. The van der Waals surface area contributed by atoms with Crippen LogP contribution in [0.1, 0.15) is 12.8 Å². The zero-order valence-corrected chi connectivity index (χ0v) is 12.9. The number of hydrogen-bond donors (Lipinski definition) is 0. The summed E-state index contributed by atoms with van der Waals surface area (Å²) < 4.78 is 4.69. The molecule has 0 amide bonds. The van der Waals surface area contributed by atoms with Crippen LogP contribution in [-0.4, -0.2) is 77.1 Å². The maximum absolute atomic E-state index is 4.69. The lowest BCUT2D eigenvalue weighted by atomic mass is 10.4. The van der Waals surface area contributed by atoms with Crippen LogP contribution >= 0.6 is 7.05 Å². The minimum atomic E-state index is -0.991. The predicted molar refractivity (Wildman–Crippen MR) is 77.3 cm³/mol. The van der Waals surface area contributed by atoms with Gasteiger partial charge >= 0.3 is 0 Å². The molecule has 0 aromatic heterocycles. The highest BCUT2D eigenvalue weighted by Crippen LogP contribution is 2.45. The molecule has 0 saturated carbocycles. The van der Waals surface area contributed by atoms with E-state index in [0.717, 1.165) is 0 Å². The summed E-state index contributed by atoms with van der Waals surface area (Å²) in [7, 11) is 9.60. The maximum atomic E-state index is 4.69. The highest BCUT2D eigenvalue weighted by Gasteiger charge is 2.11. The van der Waals surface area contributed by atoms with Crippen LogP contribution in [0.2, 0.25) is 0 Å². The molecule has 0 unspecified atom stereocenters. The molecule has 0 atom stereocenters. The van der Waals surface area contributed by atoms with Crippen molar-refractivity contribution in [2.24, 2.45) is 4.74 Å². The van der Waals surface area contributed by atoms with Crippen molar-refractivity contribution in [2.75, 3.05) is 67.3 Å². The van der Waals surface area contributed by atoms with Crippen LogP contribution in [0.15, 0.2) is 4.74 Å². The molecule has 0 heterocycles. The smallest absolute Gasteiger partial charge is 0.0261 e. The van der Waals surface area contributed by atoms with Crippen molar-refractivity contribution in [1.29, 1.82) is 0 Å². The lowest BCUT2D eigenvalue weighted by molar-refractivity contribution is 0.407. The summed E-state index contributed by atoms with van der Waals surface area (Å²) in [6.07, 6.45) is 5.21. The Labute approximate surface area is 102 Å². The SMILES string of the molecule is CN=P(C)(CCCN(C)C)CCCN(C)C. The topological polar surface area (TPSA) is 18.8 Å². The summed E-state index contributed by atoms with van der Waals surface area (Å²) in [5, 5.41) is 0. The summed E-state index contributed by atoms with van der Waals surface area (Å²) in [6, 6.07) is 0. The van der Waals surface area contributed by atoms with Gasteiger partial charge in [-0.05, 0) is 80.2 Å². The fraction of sp³-hybridized carbons (Fsp3) is 1.00. The maximum Gasteiger partial charge on any atom is 0.0261 e. The van der Waals surface area contributed by atoms with Gasteiger partial charge in [0.25, 0.3) is 0 Å². The molecule has 98 valence electrons. The number of nitrogens with zero attached hydrogens (tertiary/aromatic N) is 3. The van der Waals surface area contributed by atoms with E-state index in [4.69, 9.17) is 0 Å². The van der Waals surface area contributed by atoms with E-state index < -0.39 is 7.05 Å². The molecular weight excluding hydrogens is 217 g/mol. The van der Waals surface area contributed by atoms with Gasteiger partial charge in [-0.25, -0.2) is 0 Å². The van der Waals surface area contributed by atoms with Crippen molar-refractivity contribution in [3.8, 4) is 0 Å². The summed E-state index contributed by atoms with van der Waals surface area (Å²) in [5.41, 5.74) is 0. The number of rotatable bonds is 8. The minimum absolute atomic E-state index is 0.991. The average Bonchev–Trinajstić information content (AvgIpc) is 2.16. The van der Waals surface area contributed by atoms with E-state index in [-0.39, 0.29) is 0 Å². The Morgan fingerprint density at radius 2 is 1.25 bits per heavy atom. The molecule has 0 N–H and O–H groups in total. The molecule has 0 aliphatic rings. The fourth-order valence-corrected chi connectivity index (χ4v) is 4.04. The van der Waals surface area contributed by atoms with Crippen LogP contribution in [0.5, 0.6) is 0 Å². The van der Waals surface area contributed by atoms with Gasteiger partial charge < -0.3 is 14.5 Å². The van der Waals surface area contributed by atoms with Crippen LogP contribution in [-0.2, 0) is 0 Å². The monoisotopic (exact) mass is 247 g/mol. The molecule has 0 bridgehead atoms. The Morgan fingerprint density at radius 1 is 0.875 bits per heavy atom. The third-order valence-electron chi connectivity index (χ3n) is 2.97. The fourth-order valence-electron chi connectivity index (χ4n) is 1.77. The van der Waals surface area contributed by atoms with Crippen molar-refractivity contribution in [1.82, 2.24) is 9.80 Å². The molecule has 0 aliphatic carbocycles. The van der Waals surface area contributed by atoms with Crippen molar-refractivity contribution in [2.45, 2.75) is 12.8 Å². The summed E-state index contributed by atoms with van der Waals surface area (Å²) >= 11 is 0. The lowest BCUT2D eigenvalue weighted by Crippen LogP contribution is -2.16. The van der Waals surface area contributed by atoms with E-state index in [9.17, 15) is 0 Å². The molecule has 0 radical (unpaired) electrons. The van der Waals surface area contributed by atoms with Crippen LogP contribution in [0, 0.1) is 0 Å². The van der Waals surface area contributed by atoms with Gasteiger partial charge in [-0.15, -0.1) is 0 Å². The standard InChI is InChI=1S/C12H30N3P/c1-13-16(6,11-7-9-14(2)3)12-8-10-15(4)5/h7-12H2,1-6H3. The van der Waals surface area contributed by atoms with Gasteiger partial charge in [-0.3, -0.25) is 0 Å². The molecule has 0 saturated heterocycles. The molecule has 0 aromatic carbocycles. The lowest BCUT2D eigenvalue weighted by Gasteiger charge is -2.21. The quantitative estimate of drug-likeness (QED) is 0.613. The molecule has 0 aliphatic heterocycles. The predicted octanol–water partition coefficient (Wildman–Crippen LogP) is 2.35. The van der Waals surface area contributed by atoms with Gasteiger partial charge in [0, 0.05) is 7.05 Å². The third kappa shape index (κ3) is 8.32. The Morgan fingerprint density at radius 3 is 1.50 bits per heavy atom. The van der Waals surface area contributed by atoms with Crippen LogP contribution < -0.4 is 0 Å². The molecule has 0 aromatic rings. The van der Waals surface area contributed by atoms with E-state index in [1.54, 1.807) is 0 Å². The van der Waals surface area contributed by atoms with E-state index in [2.05, 4.69) is 49.4 Å². The summed E-state index contributed by atoms with van der Waals surface area (Å²) in [5.74, 6) is 0.